The first-order chi connectivity index (χ1) is 9.20. The number of benzene rings is 1. The van der Waals surface area contributed by atoms with E-state index in [2.05, 4.69) is 16.3 Å². The molecule has 4 heteroatoms. The summed E-state index contributed by atoms with van der Waals surface area (Å²) in [6.45, 7) is 1.15. The number of amides is 1. The number of nitrogen functional groups attached to an aromatic ring is 1. The number of hydrogen-bond donors (Lipinski definition) is 2. The minimum absolute atomic E-state index is 0.0971. The number of nitrogens with two attached hydrogens (primary N) is 1. The van der Waals surface area contributed by atoms with E-state index in [-0.39, 0.29) is 5.91 Å². The third-order valence-electron chi connectivity index (χ3n) is 4.87. The summed E-state index contributed by atoms with van der Waals surface area (Å²) in [6, 6.07) is 4.82. The number of carbonyl (C=O) groups excluding carboxylic acids is 1. The lowest BCUT2D eigenvalue weighted by molar-refractivity contribution is -0.116. The van der Waals surface area contributed by atoms with Crippen molar-refractivity contribution in [3.05, 3.63) is 17.7 Å². The molecule has 2 heterocycles. The van der Waals surface area contributed by atoms with Crippen LogP contribution in [-0.4, -0.2) is 18.5 Å². The van der Waals surface area contributed by atoms with Gasteiger partial charge in [0.1, 0.15) is 0 Å². The molecule has 3 aliphatic rings. The standard InChI is InChI=1S/C15H19N3O/c16-12-7-13-10(2-4-15(19)17-13)6-14(12)18-8-9-1-3-11(18)5-9/h6-7,9,11H,1-5,8,16H2,(H,17,19). The van der Waals surface area contributed by atoms with Crippen molar-refractivity contribution >= 4 is 23.0 Å². The molecule has 19 heavy (non-hydrogen) atoms. The molecular formula is C15H19N3O. The van der Waals surface area contributed by atoms with Gasteiger partial charge in [-0.25, -0.2) is 0 Å². The van der Waals surface area contributed by atoms with E-state index in [1.165, 1.54) is 30.5 Å². The Labute approximate surface area is 113 Å². The van der Waals surface area contributed by atoms with E-state index in [1.807, 2.05) is 6.07 Å². The zero-order chi connectivity index (χ0) is 13.0. The number of aryl methyl sites for hydroxylation is 1. The second-order valence-corrected chi connectivity index (χ2v) is 6.10. The van der Waals surface area contributed by atoms with Crippen LogP contribution >= 0.6 is 0 Å². The molecule has 0 spiro atoms. The number of carbonyl (C=O) groups is 1. The van der Waals surface area contributed by atoms with Crippen molar-refractivity contribution in [1.29, 1.82) is 0 Å². The molecule has 0 radical (unpaired) electrons. The van der Waals surface area contributed by atoms with Gasteiger partial charge in [-0.15, -0.1) is 0 Å². The molecule has 1 saturated carbocycles. The zero-order valence-corrected chi connectivity index (χ0v) is 11.0. The second-order valence-electron chi connectivity index (χ2n) is 6.10. The molecule has 100 valence electrons. The van der Waals surface area contributed by atoms with Crippen molar-refractivity contribution in [2.24, 2.45) is 5.92 Å². The summed E-state index contributed by atoms with van der Waals surface area (Å²) in [5.74, 6) is 0.958. The molecule has 2 bridgehead atoms. The first kappa shape index (κ1) is 11.1. The molecule has 2 atom stereocenters. The monoisotopic (exact) mass is 257 g/mol. The Morgan fingerprint density at radius 3 is 2.89 bits per heavy atom. The van der Waals surface area contributed by atoms with Crippen LogP contribution in [0.1, 0.15) is 31.2 Å². The summed E-state index contributed by atoms with van der Waals surface area (Å²) in [5, 5.41) is 2.92. The largest absolute Gasteiger partial charge is 0.397 e. The van der Waals surface area contributed by atoms with Gasteiger partial charge in [0, 0.05) is 24.7 Å². The van der Waals surface area contributed by atoms with E-state index >= 15 is 0 Å². The minimum atomic E-state index is 0.0971. The highest BCUT2D eigenvalue weighted by molar-refractivity contribution is 5.95. The summed E-state index contributed by atoms with van der Waals surface area (Å²) < 4.78 is 0. The van der Waals surface area contributed by atoms with Gasteiger partial charge in [-0.05, 0) is 49.3 Å². The maximum atomic E-state index is 11.4. The summed E-state index contributed by atoms with van der Waals surface area (Å²) >= 11 is 0. The number of nitrogens with one attached hydrogen (secondary N) is 1. The fraction of sp³-hybridized carbons (Fsp3) is 0.533. The number of rotatable bonds is 1. The van der Waals surface area contributed by atoms with Gasteiger partial charge in [0.05, 0.1) is 11.4 Å². The van der Waals surface area contributed by atoms with E-state index in [0.29, 0.717) is 12.5 Å². The fourth-order valence-electron chi connectivity index (χ4n) is 3.90. The highest BCUT2D eigenvalue weighted by Gasteiger charge is 2.38. The van der Waals surface area contributed by atoms with Crippen LogP contribution in [0.15, 0.2) is 12.1 Å². The number of piperidine rings is 1. The molecule has 1 aromatic carbocycles. The van der Waals surface area contributed by atoms with Crippen molar-refractivity contribution in [1.82, 2.24) is 0 Å². The summed E-state index contributed by atoms with van der Waals surface area (Å²) in [7, 11) is 0. The molecule has 1 amide bonds. The predicted molar refractivity (Wildman–Crippen MR) is 76.3 cm³/mol. The Morgan fingerprint density at radius 2 is 2.16 bits per heavy atom. The molecule has 2 aliphatic heterocycles. The fourth-order valence-corrected chi connectivity index (χ4v) is 3.90. The van der Waals surface area contributed by atoms with Crippen LogP contribution < -0.4 is 16.0 Å². The van der Waals surface area contributed by atoms with Crippen LogP contribution in [0.3, 0.4) is 0 Å². The quantitative estimate of drug-likeness (QED) is 0.758. The van der Waals surface area contributed by atoms with Crippen LogP contribution in [0.25, 0.3) is 0 Å². The van der Waals surface area contributed by atoms with Gasteiger partial charge in [-0.3, -0.25) is 4.79 Å². The van der Waals surface area contributed by atoms with Gasteiger partial charge in [-0.1, -0.05) is 0 Å². The number of fused-ring (bicyclic) bond motifs is 3. The van der Waals surface area contributed by atoms with E-state index < -0.39 is 0 Å². The van der Waals surface area contributed by atoms with E-state index in [0.717, 1.165) is 30.3 Å². The summed E-state index contributed by atoms with van der Waals surface area (Å²) in [5.41, 5.74) is 10.3. The molecule has 4 rings (SSSR count). The lowest BCUT2D eigenvalue weighted by Crippen LogP contribution is -2.32. The van der Waals surface area contributed by atoms with E-state index in [1.54, 1.807) is 0 Å². The number of anilines is 3. The first-order valence-corrected chi connectivity index (χ1v) is 7.19. The SMILES string of the molecule is Nc1cc2c(cc1N1CC3CCC1C3)CCC(=O)N2. The minimum Gasteiger partial charge on any atom is -0.397 e. The average molecular weight is 257 g/mol. The third kappa shape index (κ3) is 1.70. The van der Waals surface area contributed by atoms with Crippen molar-refractivity contribution < 1.29 is 4.79 Å². The highest BCUT2D eigenvalue weighted by Crippen LogP contribution is 2.43. The lowest BCUT2D eigenvalue weighted by Gasteiger charge is -2.31. The van der Waals surface area contributed by atoms with Gasteiger partial charge < -0.3 is 16.0 Å². The summed E-state index contributed by atoms with van der Waals surface area (Å²) in [6.07, 6.45) is 5.42. The maximum absolute atomic E-state index is 11.4. The molecular weight excluding hydrogens is 238 g/mol. The maximum Gasteiger partial charge on any atom is 0.224 e. The Bertz CT molecular complexity index is 555. The average Bonchev–Trinajstić information content (AvgIpc) is 3.00. The van der Waals surface area contributed by atoms with Gasteiger partial charge >= 0.3 is 0 Å². The normalized spacial score (nSPS) is 28.4. The Balaban J connectivity index is 1.71. The van der Waals surface area contributed by atoms with Crippen molar-refractivity contribution in [3.63, 3.8) is 0 Å². The Kier molecular flexibility index (Phi) is 2.28. The highest BCUT2D eigenvalue weighted by atomic mass is 16.1. The Morgan fingerprint density at radius 1 is 1.26 bits per heavy atom. The number of nitrogens with zero attached hydrogens (tertiary/aromatic N) is 1. The third-order valence-corrected chi connectivity index (χ3v) is 4.87. The number of hydrogen-bond acceptors (Lipinski definition) is 3. The topological polar surface area (TPSA) is 58.4 Å². The van der Waals surface area contributed by atoms with Crippen molar-refractivity contribution in [2.75, 3.05) is 22.5 Å². The van der Waals surface area contributed by atoms with Crippen LogP contribution in [0.5, 0.6) is 0 Å². The van der Waals surface area contributed by atoms with Crippen LogP contribution in [0, 0.1) is 5.92 Å². The molecule has 2 unspecified atom stereocenters. The van der Waals surface area contributed by atoms with Gasteiger partial charge in [-0.2, -0.15) is 0 Å². The van der Waals surface area contributed by atoms with Crippen LogP contribution in [0.2, 0.25) is 0 Å². The molecule has 2 fully saturated rings. The molecule has 3 N–H and O–H groups in total. The van der Waals surface area contributed by atoms with E-state index in [9.17, 15) is 4.79 Å². The van der Waals surface area contributed by atoms with Crippen molar-refractivity contribution in [3.8, 4) is 0 Å². The smallest absolute Gasteiger partial charge is 0.224 e. The van der Waals surface area contributed by atoms with Gasteiger partial charge in [0.2, 0.25) is 5.91 Å². The molecule has 1 saturated heterocycles. The first-order valence-electron chi connectivity index (χ1n) is 7.19. The second kappa shape index (κ2) is 3.89. The molecule has 0 aromatic heterocycles. The van der Waals surface area contributed by atoms with Crippen molar-refractivity contribution in [2.45, 2.75) is 38.1 Å². The molecule has 1 aliphatic carbocycles. The predicted octanol–water partition coefficient (Wildman–Crippen LogP) is 2.14. The Hall–Kier alpha value is -1.71. The van der Waals surface area contributed by atoms with Crippen LogP contribution in [0.4, 0.5) is 17.1 Å². The van der Waals surface area contributed by atoms with Gasteiger partial charge in [0.15, 0.2) is 0 Å². The zero-order valence-electron chi connectivity index (χ0n) is 11.0. The molecule has 1 aromatic rings. The lowest BCUT2D eigenvalue weighted by atomic mass is 10.00. The molecule has 4 nitrogen and oxygen atoms in total. The van der Waals surface area contributed by atoms with Gasteiger partial charge in [0.25, 0.3) is 0 Å². The summed E-state index contributed by atoms with van der Waals surface area (Å²) in [4.78, 5) is 13.9. The van der Waals surface area contributed by atoms with Crippen LogP contribution in [-0.2, 0) is 11.2 Å². The van der Waals surface area contributed by atoms with E-state index in [4.69, 9.17) is 5.73 Å².